The summed E-state index contributed by atoms with van der Waals surface area (Å²) in [5.41, 5.74) is 6.35. The van der Waals surface area contributed by atoms with Gasteiger partial charge in [-0.1, -0.05) is 0 Å². The van der Waals surface area contributed by atoms with Crippen LogP contribution in [0.4, 0.5) is 11.8 Å². The Kier molecular flexibility index (Phi) is 2.75. The molecule has 1 fully saturated rings. The molecule has 0 radical (unpaired) electrons. The van der Waals surface area contributed by atoms with E-state index >= 15 is 0 Å². The lowest BCUT2D eigenvalue weighted by molar-refractivity contribution is 0.322. The van der Waals surface area contributed by atoms with Gasteiger partial charge in [-0.3, -0.25) is 5.10 Å². The molecule has 96 valence electrons. The zero-order valence-electron chi connectivity index (χ0n) is 10.3. The number of nitrogens with two attached hydrogens (primary N) is 1. The second-order valence-electron chi connectivity index (χ2n) is 4.72. The van der Waals surface area contributed by atoms with E-state index in [1.54, 1.807) is 6.20 Å². The van der Waals surface area contributed by atoms with Crippen LogP contribution in [0.2, 0.25) is 0 Å². The van der Waals surface area contributed by atoms with Crippen LogP contribution in [-0.4, -0.2) is 51.2 Å². The van der Waals surface area contributed by atoms with Crippen LogP contribution in [0.3, 0.4) is 0 Å². The molecule has 1 aliphatic heterocycles. The molecular formula is C11H17N7. The first-order valence-electron chi connectivity index (χ1n) is 6.15. The summed E-state index contributed by atoms with van der Waals surface area (Å²) in [5, 5.41) is 11.0. The summed E-state index contributed by atoms with van der Waals surface area (Å²) in [7, 11) is 2.15. The van der Waals surface area contributed by atoms with Crippen molar-refractivity contribution in [2.45, 2.75) is 18.9 Å². The quantitative estimate of drug-likeness (QED) is 0.728. The monoisotopic (exact) mass is 247 g/mol. The van der Waals surface area contributed by atoms with Crippen molar-refractivity contribution in [3.8, 4) is 0 Å². The normalized spacial score (nSPS) is 20.6. The smallest absolute Gasteiger partial charge is 0.224 e. The fourth-order valence-corrected chi connectivity index (χ4v) is 2.44. The van der Waals surface area contributed by atoms with Crippen LogP contribution < -0.4 is 11.1 Å². The van der Waals surface area contributed by atoms with Gasteiger partial charge in [-0.25, -0.2) is 0 Å². The van der Waals surface area contributed by atoms with E-state index in [4.69, 9.17) is 5.73 Å². The highest BCUT2D eigenvalue weighted by Gasteiger charge is 2.20. The number of hydrogen-bond donors (Lipinski definition) is 3. The molecule has 7 nitrogen and oxygen atoms in total. The van der Waals surface area contributed by atoms with Crippen molar-refractivity contribution in [2.24, 2.45) is 0 Å². The van der Waals surface area contributed by atoms with Crippen LogP contribution in [0.5, 0.6) is 0 Å². The number of rotatable bonds is 3. The Bertz CT molecular complexity index is 549. The molecule has 1 unspecified atom stereocenters. The Hall–Kier alpha value is -1.89. The van der Waals surface area contributed by atoms with Gasteiger partial charge in [-0.05, 0) is 26.4 Å². The Balaban J connectivity index is 1.79. The number of likely N-dealkylation sites (tertiary alicyclic amines) is 1. The van der Waals surface area contributed by atoms with Gasteiger partial charge in [0.05, 0.1) is 11.6 Å². The fourth-order valence-electron chi connectivity index (χ4n) is 2.44. The Morgan fingerprint density at radius 3 is 3.22 bits per heavy atom. The van der Waals surface area contributed by atoms with Crippen molar-refractivity contribution < 1.29 is 0 Å². The van der Waals surface area contributed by atoms with Gasteiger partial charge in [0.15, 0.2) is 5.65 Å². The molecule has 1 aliphatic rings. The van der Waals surface area contributed by atoms with Gasteiger partial charge in [-0.15, -0.1) is 0 Å². The second-order valence-corrected chi connectivity index (χ2v) is 4.72. The largest absolute Gasteiger partial charge is 0.368 e. The number of hydrogen-bond acceptors (Lipinski definition) is 6. The molecule has 0 bridgehead atoms. The number of nitrogen functional groups attached to an aromatic ring is 1. The molecule has 0 spiro atoms. The van der Waals surface area contributed by atoms with Gasteiger partial charge in [-0.2, -0.15) is 15.1 Å². The van der Waals surface area contributed by atoms with Crippen LogP contribution in [0.25, 0.3) is 11.0 Å². The Labute approximate surface area is 105 Å². The fraction of sp³-hybridized carbons (Fsp3) is 0.545. The summed E-state index contributed by atoms with van der Waals surface area (Å²) in [5.74, 6) is 1.01. The maximum atomic E-state index is 5.67. The lowest BCUT2D eigenvalue weighted by Crippen LogP contribution is -2.31. The number of nitrogens with one attached hydrogen (secondary N) is 2. The second kappa shape index (κ2) is 4.41. The van der Waals surface area contributed by atoms with E-state index in [0.29, 0.717) is 11.7 Å². The van der Waals surface area contributed by atoms with Gasteiger partial charge in [0.2, 0.25) is 5.95 Å². The minimum Gasteiger partial charge on any atom is -0.368 e. The molecule has 0 aliphatic carbocycles. The van der Waals surface area contributed by atoms with E-state index in [-0.39, 0.29) is 5.95 Å². The minimum atomic E-state index is 0.258. The molecule has 3 rings (SSSR count). The molecule has 1 saturated heterocycles. The van der Waals surface area contributed by atoms with Crippen molar-refractivity contribution in [1.29, 1.82) is 0 Å². The summed E-state index contributed by atoms with van der Waals surface area (Å²) in [4.78, 5) is 10.7. The number of likely N-dealkylation sites (N-methyl/N-ethyl adjacent to an activating group) is 1. The first-order chi connectivity index (χ1) is 8.74. The van der Waals surface area contributed by atoms with Gasteiger partial charge < -0.3 is 16.0 Å². The molecule has 18 heavy (non-hydrogen) atoms. The zero-order chi connectivity index (χ0) is 12.5. The van der Waals surface area contributed by atoms with E-state index < -0.39 is 0 Å². The van der Waals surface area contributed by atoms with Gasteiger partial charge in [0, 0.05) is 12.6 Å². The lowest BCUT2D eigenvalue weighted by Gasteiger charge is -2.20. The van der Waals surface area contributed by atoms with E-state index in [9.17, 15) is 0 Å². The third kappa shape index (κ3) is 1.97. The number of fused-ring (bicyclic) bond motifs is 1. The summed E-state index contributed by atoms with van der Waals surface area (Å²) < 4.78 is 0. The summed E-state index contributed by atoms with van der Waals surface area (Å²) in [6.45, 7) is 2.03. The molecule has 4 N–H and O–H groups in total. The predicted octanol–water partition coefficient (Wildman–Crippen LogP) is 0.441. The predicted molar refractivity (Wildman–Crippen MR) is 70.2 cm³/mol. The van der Waals surface area contributed by atoms with Crippen molar-refractivity contribution in [1.82, 2.24) is 25.1 Å². The van der Waals surface area contributed by atoms with Crippen LogP contribution >= 0.6 is 0 Å². The average molecular weight is 247 g/mol. The van der Waals surface area contributed by atoms with E-state index in [1.807, 2.05) is 0 Å². The highest BCUT2D eigenvalue weighted by Crippen LogP contribution is 2.20. The average Bonchev–Trinajstić information content (AvgIpc) is 2.94. The maximum absolute atomic E-state index is 5.67. The SMILES string of the molecule is CN1CCCC1CNc1nc(N)nc2[nH]ncc12. The molecule has 0 aromatic carbocycles. The van der Waals surface area contributed by atoms with Crippen LogP contribution in [-0.2, 0) is 0 Å². The molecule has 7 heteroatoms. The molecular weight excluding hydrogens is 230 g/mol. The van der Waals surface area contributed by atoms with E-state index in [1.165, 1.54) is 19.4 Å². The topological polar surface area (TPSA) is 95.7 Å². The number of aromatic nitrogens is 4. The molecule has 1 atom stereocenters. The molecule has 0 amide bonds. The van der Waals surface area contributed by atoms with Crippen LogP contribution in [0.1, 0.15) is 12.8 Å². The summed E-state index contributed by atoms with van der Waals surface area (Å²) in [6, 6.07) is 0.558. The molecule has 3 heterocycles. The van der Waals surface area contributed by atoms with E-state index in [2.05, 4.69) is 37.4 Å². The van der Waals surface area contributed by atoms with Crippen molar-refractivity contribution in [3.63, 3.8) is 0 Å². The van der Waals surface area contributed by atoms with Gasteiger partial charge in [0.25, 0.3) is 0 Å². The number of H-pyrrole nitrogens is 1. The maximum Gasteiger partial charge on any atom is 0.224 e. The number of anilines is 2. The number of nitrogens with zero attached hydrogens (tertiary/aromatic N) is 4. The summed E-state index contributed by atoms with van der Waals surface area (Å²) >= 11 is 0. The van der Waals surface area contributed by atoms with Gasteiger partial charge >= 0.3 is 0 Å². The number of aromatic amines is 1. The highest BCUT2D eigenvalue weighted by molar-refractivity contribution is 5.86. The zero-order valence-corrected chi connectivity index (χ0v) is 10.3. The van der Waals surface area contributed by atoms with Crippen LogP contribution in [0.15, 0.2) is 6.20 Å². The van der Waals surface area contributed by atoms with Crippen LogP contribution in [0, 0.1) is 0 Å². The first kappa shape index (κ1) is 11.2. The Morgan fingerprint density at radius 1 is 1.56 bits per heavy atom. The lowest BCUT2D eigenvalue weighted by atomic mass is 10.2. The molecule has 2 aromatic heterocycles. The molecule has 2 aromatic rings. The van der Waals surface area contributed by atoms with Gasteiger partial charge in [0.1, 0.15) is 5.82 Å². The standard InChI is InChI=1S/C11H17N7/c1-18-4-2-3-7(18)5-13-9-8-6-14-17-10(8)16-11(12)15-9/h6-7H,2-5H2,1H3,(H4,12,13,14,15,16,17). The third-order valence-corrected chi connectivity index (χ3v) is 3.50. The summed E-state index contributed by atoms with van der Waals surface area (Å²) in [6.07, 6.45) is 4.20. The van der Waals surface area contributed by atoms with E-state index in [0.717, 1.165) is 17.7 Å². The highest BCUT2D eigenvalue weighted by atomic mass is 15.2. The molecule has 0 saturated carbocycles. The van der Waals surface area contributed by atoms with Crippen molar-refractivity contribution in [3.05, 3.63) is 6.20 Å². The van der Waals surface area contributed by atoms with Crippen molar-refractivity contribution >= 4 is 22.8 Å². The minimum absolute atomic E-state index is 0.258. The first-order valence-corrected chi connectivity index (χ1v) is 6.15. The Morgan fingerprint density at radius 2 is 2.44 bits per heavy atom. The third-order valence-electron chi connectivity index (χ3n) is 3.50. The van der Waals surface area contributed by atoms with Crippen molar-refractivity contribution in [2.75, 3.05) is 31.2 Å².